The maximum absolute atomic E-state index is 11.9. The Balaban J connectivity index is 0.00000338. The van der Waals surface area contributed by atoms with Crippen LogP contribution in [0.2, 0.25) is 0 Å². The number of halogens is 1. The van der Waals surface area contributed by atoms with Crippen molar-refractivity contribution in [3.8, 4) is 0 Å². The minimum absolute atomic E-state index is 0. The van der Waals surface area contributed by atoms with Crippen molar-refractivity contribution in [3.63, 3.8) is 0 Å². The van der Waals surface area contributed by atoms with Gasteiger partial charge < -0.3 is 20.4 Å². The van der Waals surface area contributed by atoms with Gasteiger partial charge in [-0.1, -0.05) is 26.8 Å². The number of carbonyl (C=O) groups excluding carboxylic acids is 1. The van der Waals surface area contributed by atoms with Crippen LogP contribution in [-0.2, 0) is 4.79 Å². The molecule has 2 N–H and O–H groups in total. The molecule has 1 amide bonds. The van der Waals surface area contributed by atoms with Gasteiger partial charge in [-0.15, -0.1) is 24.0 Å². The average Bonchev–Trinajstić information content (AvgIpc) is 2.62. The number of aromatic nitrogens is 1. The molecule has 146 valence electrons. The van der Waals surface area contributed by atoms with Gasteiger partial charge in [0.15, 0.2) is 5.96 Å². The number of pyridine rings is 1. The quantitative estimate of drug-likeness (QED) is 0.300. The van der Waals surface area contributed by atoms with Gasteiger partial charge in [-0.2, -0.15) is 0 Å². The second-order valence-corrected chi connectivity index (χ2v) is 7.14. The zero-order valence-electron chi connectivity index (χ0n) is 16.2. The lowest BCUT2D eigenvalue weighted by atomic mass is 9.96. The Morgan fingerprint density at radius 1 is 1.15 bits per heavy atom. The van der Waals surface area contributed by atoms with Crippen molar-refractivity contribution in [2.24, 2.45) is 10.4 Å². The minimum atomic E-state index is -0.358. The van der Waals surface area contributed by atoms with Crippen molar-refractivity contribution >= 4 is 41.7 Å². The Kier molecular flexibility index (Phi) is 9.11. The molecule has 0 radical (unpaired) electrons. The monoisotopic (exact) mass is 474 g/mol. The number of nitrogens with zero attached hydrogens (tertiary/aromatic N) is 4. The molecule has 0 spiro atoms. The summed E-state index contributed by atoms with van der Waals surface area (Å²) in [5.41, 5.74) is -0.358. The summed E-state index contributed by atoms with van der Waals surface area (Å²) in [5, 5.41) is 6.27. The molecule has 7 nitrogen and oxygen atoms in total. The van der Waals surface area contributed by atoms with E-state index in [1.807, 2.05) is 45.2 Å². The Hall–Kier alpha value is -1.58. The molecule has 0 atom stereocenters. The van der Waals surface area contributed by atoms with Gasteiger partial charge in [0.2, 0.25) is 5.91 Å². The van der Waals surface area contributed by atoms with E-state index in [0.717, 1.165) is 38.0 Å². The topological polar surface area (TPSA) is 72.9 Å². The SMILES string of the molecule is CN=C(NCCNC(=O)C(C)(C)C)N1CCN(c2ccccn2)CC1.I. The number of hydrogen-bond donors (Lipinski definition) is 2. The maximum atomic E-state index is 11.9. The largest absolute Gasteiger partial charge is 0.354 e. The Morgan fingerprint density at radius 2 is 1.81 bits per heavy atom. The number of nitrogens with one attached hydrogen (secondary N) is 2. The average molecular weight is 474 g/mol. The van der Waals surface area contributed by atoms with Gasteiger partial charge >= 0.3 is 0 Å². The molecule has 1 aliphatic rings. The molecular weight excluding hydrogens is 443 g/mol. The highest BCUT2D eigenvalue weighted by molar-refractivity contribution is 14.0. The predicted octanol–water partition coefficient (Wildman–Crippen LogP) is 1.56. The van der Waals surface area contributed by atoms with E-state index >= 15 is 0 Å². The molecule has 2 heterocycles. The number of aliphatic imine (C=N–C) groups is 1. The van der Waals surface area contributed by atoms with Crippen molar-refractivity contribution in [2.75, 3.05) is 51.2 Å². The number of rotatable bonds is 4. The molecule has 0 aromatic carbocycles. The molecular formula is C18H31IN6O. The molecule has 1 fully saturated rings. The first-order chi connectivity index (χ1) is 11.9. The summed E-state index contributed by atoms with van der Waals surface area (Å²) in [6, 6.07) is 5.99. The van der Waals surface area contributed by atoms with Crippen molar-refractivity contribution < 1.29 is 4.79 Å². The van der Waals surface area contributed by atoms with Gasteiger partial charge in [0.1, 0.15) is 5.82 Å². The standard InChI is InChI=1S/C18H30N6O.HI/c1-18(2,3)16(25)21-9-10-22-17(19-4)24-13-11-23(12-14-24)15-7-5-6-8-20-15;/h5-8H,9-14H2,1-4H3,(H,19,22)(H,21,25);1H. The summed E-state index contributed by atoms with van der Waals surface area (Å²) in [5.74, 6) is 1.97. The Labute approximate surface area is 173 Å². The summed E-state index contributed by atoms with van der Waals surface area (Å²) in [6.07, 6.45) is 1.83. The van der Waals surface area contributed by atoms with Crippen LogP contribution in [0.15, 0.2) is 29.4 Å². The smallest absolute Gasteiger partial charge is 0.225 e. The lowest BCUT2D eigenvalue weighted by Gasteiger charge is -2.37. The van der Waals surface area contributed by atoms with Crippen LogP contribution in [0.3, 0.4) is 0 Å². The van der Waals surface area contributed by atoms with Crippen molar-refractivity contribution in [1.82, 2.24) is 20.5 Å². The highest BCUT2D eigenvalue weighted by atomic mass is 127. The van der Waals surface area contributed by atoms with Crippen LogP contribution in [0.5, 0.6) is 0 Å². The summed E-state index contributed by atoms with van der Waals surface area (Å²) in [6.45, 7) is 10.6. The molecule has 1 saturated heterocycles. The summed E-state index contributed by atoms with van der Waals surface area (Å²) < 4.78 is 0. The van der Waals surface area contributed by atoms with Crippen molar-refractivity contribution in [1.29, 1.82) is 0 Å². The lowest BCUT2D eigenvalue weighted by molar-refractivity contribution is -0.128. The fraction of sp³-hybridized carbons (Fsp3) is 0.611. The molecule has 0 saturated carbocycles. The second-order valence-electron chi connectivity index (χ2n) is 7.14. The maximum Gasteiger partial charge on any atom is 0.225 e. The van der Waals surface area contributed by atoms with E-state index in [-0.39, 0.29) is 35.3 Å². The summed E-state index contributed by atoms with van der Waals surface area (Å²) in [7, 11) is 1.79. The highest BCUT2D eigenvalue weighted by Gasteiger charge is 2.21. The van der Waals surface area contributed by atoms with E-state index in [9.17, 15) is 4.79 Å². The number of piperazine rings is 1. The molecule has 1 aromatic heterocycles. The zero-order chi connectivity index (χ0) is 18.3. The number of anilines is 1. The first kappa shape index (κ1) is 22.5. The first-order valence-corrected chi connectivity index (χ1v) is 8.81. The number of hydrogen-bond acceptors (Lipinski definition) is 4. The van der Waals surface area contributed by atoms with Gasteiger partial charge in [-0.3, -0.25) is 9.79 Å². The number of amides is 1. The van der Waals surface area contributed by atoms with E-state index in [4.69, 9.17) is 0 Å². The molecule has 0 bridgehead atoms. The fourth-order valence-electron chi connectivity index (χ4n) is 2.64. The number of guanidine groups is 1. The highest BCUT2D eigenvalue weighted by Crippen LogP contribution is 2.13. The molecule has 1 aromatic rings. The van der Waals surface area contributed by atoms with Crippen LogP contribution in [0, 0.1) is 5.41 Å². The van der Waals surface area contributed by atoms with Gasteiger partial charge in [0.05, 0.1) is 0 Å². The third-order valence-corrected chi connectivity index (χ3v) is 4.14. The molecule has 2 rings (SSSR count). The van der Waals surface area contributed by atoms with Crippen molar-refractivity contribution in [3.05, 3.63) is 24.4 Å². The predicted molar refractivity (Wildman–Crippen MR) is 117 cm³/mol. The zero-order valence-corrected chi connectivity index (χ0v) is 18.5. The normalized spacial score (nSPS) is 15.3. The van der Waals surface area contributed by atoms with E-state index in [1.165, 1.54) is 0 Å². The first-order valence-electron chi connectivity index (χ1n) is 8.81. The minimum Gasteiger partial charge on any atom is -0.354 e. The van der Waals surface area contributed by atoms with Crippen LogP contribution in [-0.4, -0.2) is 68.1 Å². The Morgan fingerprint density at radius 3 is 2.35 bits per heavy atom. The van der Waals surface area contributed by atoms with E-state index in [2.05, 4.69) is 30.4 Å². The third-order valence-electron chi connectivity index (χ3n) is 4.14. The number of carbonyl (C=O) groups is 1. The summed E-state index contributed by atoms with van der Waals surface area (Å²) >= 11 is 0. The molecule has 26 heavy (non-hydrogen) atoms. The summed E-state index contributed by atoms with van der Waals surface area (Å²) in [4.78, 5) is 25.2. The lowest BCUT2D eigenvalue weighted by Crippen LogP contribution is -2.53. The van der Waals surface area contributed by atoms with Gasteiger partial charge in [-0.25, -0.2) is 4.98 Å². The van der Waals surface area contributed by atoms with E-state index in [1.54, 1.807) is 7.05 Å². The van der Waals surface area contributed by atoms with Crippen LogP contribution < -0.4 is 15.5 Å². The van der Waals surface area contributed by atoms with Crippen LogP contribution in [0.25, 0.3) is 0 Å². The molecule has 8 heteroatoms. The fourth-order valence-corrected chi connectivity index (χ4v) is 2.64. The van der Waals surface area contributed by atoms with Gasteiger partial charge in [0.25, 0.3) is 0 Å². The van der Waals surface area contributed by atoms with Crippen LogP contribution >= 0.6 is 24.0 Å². The molecule has 0 aliphatic carbocycles. The Bertz CT molecular complexity index is 579. The third kappa shape index (κ3) is 6.62. The van der Waals surface area contributed by atoms with Crippen LogP contribution in [0.1, 0.15) is 20.8 Å². The second kappa shape index (κ2) is 10.5. The van der Waals surface area contributed by atoms with Crippen LogP contribution in [0.4, 0.5) is 5.82 Å². The van der Waals surface area contributed by atoms with E-state index < -0.39 is 0 Å². The van der Waals surface area contributed by atoms with Gasteiger partial charge in [0, 0.05) is 57.9 Å². The van der Waals surface area contributed by atoms with E-state index in [0.29, 0.717) is 13.1 Å². The molecule has 1 aliphatic heterocycles. The molecule has 0 unspecified atom stereocenters. The van der Waals surface area contributed by atoms with Gasteiger partial charge in [-0.05, 0) is 12.1 Å². The van der Waals surface area contributed by atoms with Crippen molar-refractivity contribution in [2.45, 2.75) is 20.8 Å².